The lowest BCUT2D eigenvalue weighted by molar-refractivity contribution is -0.158. The van der Waals surface area contributed by atoms with Crippen LogP contribution in [-0.2, 0) is 14.3 Å². The highest BCUT2D eigenvalue weighted by Crippen LogP contribution is 2.14. The lowest BCUT2D eigenvalue weighted by Crippen LogP contribution is -2.44. The molecule has 0 spiro atoms. The second-order valence-corrected chi connectivity index (χ2v) is 5.99. The standard InChI is InChI=1S/C18H24N2O4/c1-12(2)20(13(3)4)17(21)11-23-18(22)14(5)24-16-8-6-15(10-19)7-9-16/h6-9,12-14H,11H2,1-5H3/t14-/m1/s1. The van der Waals surface area contributed by atoms with E-state index in [0.29, 0.717) is 11.3 Å². The number of nitrogens with zero attached hydrogens (tertiary/aromatic N) is 2. The van der Waals surface area contributed by atoms with Crippen molar-refractivity contribution < 1.29 is 19.1 Å². The van der Waals surface area contributed by atoms with Crippen molar-refractivity contribution in [1.29, 1.82) is 5.26 Å². The van der Waals surface area contributed by atoms with E-state index in [0.717, 1.165) is 0 Å². The van der Waals surface area contributed by atoms with Gasteiger partial charge in [0.25, 0.3) is 5.91 Å². The Morgan fingerprint density at radius 2 is 1.62 bits per heavy atom. The Bertz CT molecular complexity index is 594. The number of rotatable bonds is 7. The molecule has 6 nitrogen and oxygen atoms in total. The molecule has 1 aromatic carbocycles. The molecule has 0 heterocycles. The van der Waals surface area contributed by atoms with Gasteiger partial charge in [0.05, 0.1) is 11.6 Å². The fourth-order valence-electron chi connectivity index (χ4n) is 2.36. The van der Waals surface area contributed by atoms with Crippen molar-refractivity contribution in [3.05, 3.63) is 29.8 Å². The highest BCUT2D eigenvalue weighted by molar-refractivity contribution is 5.82. The molecule has 0 N–H and O–H groups in total. The first-order valence-corrected chi connectivity index (χ1v) is 7.90. The molecule has 0 bridgehead atoms. The van der Waals surface area contributed by atoms with Gasteiger partial charge < -0.3 is 14.4 Å². The topological polar surface area (TPSA) is 79.6 Å². The smallest absolute Gasteiger partial charge is 0.347 e. The van der Waals surface area contributed by atoms with Crippen molar-refractivity contribution >= 4 is 11.9 Å². The Morgan fingerprint density at radius 1 is 1.08 bits per heavy atom. The van der Waals surface area contributed by atoms with Gasteiger partial charge in [-0.05, 0) is 58.9 Å². The third-order valence-electron chi connectivity index (χ3n) is 3.37. The summed E-state index contributed by atoms with van der Waals surface area (Å²) in [7, 11) is 0. The number of carbonyl (C=O) groups excluding carboxylic acids is 2. The fraction of sp³-hybridized carbons (Fsp3) is 0.500. The van der Waals surface area contributed by atoms with Crippen LogP contribution >= 0.6 is 0 Å². The highest BCUT2D eigenvalue weighted by Gasteiger charge is 2.23. The van der Waals surface area contributed by atoms with Crippen LogP contribution in [0.4, 0.5) is 0 Å². The van der Waals surface area contributed by atoms with Gasteiger partial charge in [0, 0.05) is 12.1 Å². The van der Waals surface area contributed by atoms with E-state index >= 15 is 0 Å². The third-order valence-corrected chi connectivity index (χ3v) is 3.37. The van der Waals surface area contributed by atoms with Gasteiger partial charge in [-0.2, -0.15) is 5.26 Å². The lowest BCUT2D eigenvalue weighted by atomic mass is 10.2. The maximum atomic E-state index is 12.2. The van der Waals surface area contributed by atoms with Crippen LogP contribution in [-0.4, -0.2) is 41.6 Å². The molecular formula is C18H24N2O4. The number of benzene rings is 1. The zero-order valence-electron chi connectivity index (χ0n) is 14.8. The quantitative estimate of drug-likeness (QED) is 0.717. The summed E-state index contributed by atoms with van der Waals surface area (Å²) in [6.45, 7) is 8.89. The van der Waals surface area contributed by atoms with Gasteiger partial charge in [0.1, 0.15) is 5.75 Å². The van der Waals surface area contributed by atoms with Crippen LogP contribution in [0.1, 0.15) is 40.2 Å². The molecule has 0 fully saturated rings. The summed E-state index contributed by atoms with van der Waals surface area (Å²) in [5.41, 5.74) is 0.505. The Labute approximate surface area is 143 Å². The van der Waals surface area contributed by atoms with Crippen LogP contribution in [0, 0.1) is 11.3 Å². The molecule has 0 aliphatic carbocycles. The van der Waals surface area contributed by atoms with Crippen LogP contribution in [0.25, 0.3) is 0 Å². The Morgan fingerprint density at radius 3 is 2.08 bits per heavy atom. The Kier molecular flexibility index (Phi) is 7.25. The molecule has 1 rings (SSSR count). The fourth-order valence-corrected chi connectivity index (χ4v) is 2.36. The molecule has 0 radical (unpaired) electrons. The normalized spacial score (nSPS) is 11.8. The number of nitriles is 1. The zero-order valence-corrected chi connectivity index (χ0v) is 14.8. The maximum absolute atomic E-state index is 12.2. The number of carbonyl (C=O) groups is 2. The van der Waals surface area contributed by atoms with Crippen molar-refractivity contribution in [2.45, 2.75) is 52.8 Å². The summed E-state index contributed by atoms with van der Waals surface area (Å²) < 4.78 is 10.5. The molecule has 1 amide bonds. The minimum Gasteiger partial charge on any atom is -0.479 e. The second kappa shape index (κ2) is 8.92. The maximum Gasteiger partial charge on any atom is 0.347 e. The van der Waals surface area contributed by atoms with E-state index in [1.165, 1.54) is 0 Å². The SMILES string of the molecule is CC(C)N(C(=O)COC(=O)[C@@H](C)Oc1ccc(C#N)cc1)C(C)C. The zero-order chi connectivity index (χ0) is 18.3. The lowest BCUT2D eigenvalue weighted by Gasteiger charge is -2.30. The van der Waals surface area contributed by atoms with Crippen molar-refractivity contribution in [2.75, 3.05) is 6.61 Å². The molecule has 0 aliphatic rings. The summed E-state index contributed by atoms with van der Waals surface area (Å²) in [4.78, 5) is 25.8. The Hall–Kier alpha value is -2.55. The Balaban J connectivity index is 2.54. The third kappa shape index (κ3) is 5.58. The molecule has 0 unspecified atom stereocenters. The molecule has 0 saturated carbocycles. The highest BCUT2D eigenvalue weighted by atomic mass is 16.6. The first-order valence-electron chi connectivity index (χ1n) is 7.90. The monoisotopic (exact) mass is 332 g/mol. The molecule has 1 aromatic rings. The van der Waals surface area contributed by atoms with Crippen molar-refractivity contribution in [1.82, 2.24) is 4.90 Å². The predicted octanol–water partition coefficient (Wildman–Crippen LogP) is 2.51. The van der Waals surface area contributed by atoms with Gasteiger partial charge in [-0.15, -0.1) is 0 Å². The summed E-state index contributed by atoms with van der Waals surface area (Å²) in [5.74, 6) is -0.394. The van der Waals surface area contributed by atoms with Crippen LogP contribution in [0.15, 0.2) is 24.3 Å². The summed E-state index contributed by atoms with van der Waals surface area (Å²) in [6.07, 6.45) is -0.850. The van der Waals surface area contributed by atoms with Gasteiger partial charge in [-0.1, -0.05) is 0 Å². The van der Waals surface area contributed by atoms with E-state index in [1.807, 2.05) is 33.8 Å². The second-order valence-electron chi connectivity index (χ2n) is 5.99. The van der Waals surface area contributed by atoms with E-state index in [9.17, 15) is 9.59 Å². The average Bonchev–Trinajstić information content (AvgIpc) is 2.52. The number of ether oxygens (including phenoxy) is 2. The molecule has 0 aromatic heterocycles. The van der Waals surface area contributed by atoms with E-state index in [1.54, 1.807) is 36.1 Å². The predicted molar refractivity (Wildman–Crippen MR) is 89.3 cm³/mol. The number of hydrogen-bond donors (Lipinski definition) is 0. The molecule has 0 aliphatic heterocycles. The van der Waals surface area contributed by atoms with Crippen LogP contribution in [0.2, 0.25) is 0 Å². The van der Waals surface area contributed by atoms with E-state index in [2.05, 4.69) is 0 Å². The molecule has 6 heteroatoms. The van der Waals surface area contributed by atoms with Crippen molar-refractivity contribution in [3.8, 4) is 11.8 Å². The van der Waals surface area contributed by atoms with Gasteiger partial charge in [-0.3, -0.25) is 4.79 Å². The van der Waals surface area contributed by atoms with Crippen molar-refractivity contribution in [2.24, 2.45) is 0 Å². The van der Waals surface area contributed by atoms with Crippen LogP contribution < -0.4 is 4.74 Å². The van der Waals surface area contributed by atoms with Gasteiger partial charge in [0.2, 0.25) is 0 Å². The molecule has 130 valence electrons. The molecule has 1 atom stereocenters. The largest absolute Gasteiger partial charge is 0.479 e. The number of hydrogen-bond acceptors (Lipinski definition) is 5. The van der Waals surface area contributed by atoms with Gasteiger partial charge in [0.15, 0.2) is 12.7 Å². The van der Waals surface area contributed by atoms with E-state index in [-0.39, 0.29) is 24.6 Å². The molecule has 24 heavy (non-hydrogen) atoms. The van der Waals surface area contributed by atoms with E-state index in [4.69, 9.17) is 14.7 Å². The first-order chi connectivity index (χ1) is 11.3. The van der Waals surface area contributed by atoms with E-state index < -0.39 is 12.1 Å². The van der Waals surface area contributed by atoms with Crippen LogP contribution in [0.5, 0.6) is 5.75 Å². The minimum atomic E-state index is -0.850. The van der Waals surface area contributed by atoms with Crippen molar-refractivity contribution in [3.63, 3.8) is 0 Å². The molecular weight excluding hydrogens is 308 g/mol. The minimum absolute atomic E-state index is 0.0310. The number of esters is 1. The summed E-state index contributed by atoms with van der Waals surface area (Å²) in [6, 6.07) is 8.47. The number of amides is 1. The summed E-state index contributed by atoms with van der Waals surface area (Å²) >= 11 is 0. The first kappa shape index (κ1) is 19.5. The molecule has 0 saturated heterocycles. The van der Waals surface area contributed by atoms with Gasteiger partial charge >= 0.3 is 5.97 Å². The summed E-state index contributed by atoms with van der Waals surface area (Å²) in [5, 5.41) is 8.74. The average molecular weight is 332 g/mol. The van der Waals surface area contributed by atoms with Crippen LogP contribution in [0.3, 0.4) is 0 Å². The van der Waals surface area contributed by atoms with Gasteiger partial charge in [-0.25, -0.2) is 4.79 Å².